The molecule has 0 radical (unpaired) electrons. The number of hydrazine groups is 1. The second kappa shape index (κ2) is 9.80. The van der Waals surface area contributed by atoms with Crippen LogP contribution in [0.15, 0.2) is 4.99 Å². The molecule has 1 heterocycles. The third-order valence-electron chi connectivity index (χ3n) is 5.90. The van der Waals surface area contributed by atoms with Crippen molar-refractivity contribution >= 4 is 27.8 Å². The molecule has 0 bridgehead atoms. The van der Waals surface area contributed by atoms with Crippen LogP contribution < -0.4 is 21.5 Å². The highest BCUT2D eigenvalue weighted by Gasteiger charge is 2.40. The van der Waals surface area contributed by atoms with E-state index in [-0.39, 0.29) is 24.9 Å². The van der Waals surface area contributed by atoms with Gasteiger partial charge in [-0.25, -0.2) is 14.2 Å². The molecule has 3 rings (SSSR count). The van der Waals surface area contributed by atoms with E-state index in [4.69, 9.17) is 0 Å². The van der Waals surface area contributed by atoms with E-state index >= 15 is 0 Å². The monoisotopic (exact) mass is 463 g/mol. The number of nitrogens with zero attached hydrogens (tertiary/aromatic N) is 1. The van der Waals surface area contributed by atoms with Crippen molar-refractivity contribution in [3.63, 3.8) is 0 Å². The van der Waals surface area contributed by atoms with Crippen molar-refractivity contribution in [2.45, 2.75) is 81.8 Å². The van der Waals surface area contributed by atoms with Crippen molar-refractivity contribution in [1.29, 1.82) is 0 Å². The standard InChI is InChI=1S/C19H32BrF2N5O/c1-10(2)9-23-19(25-18(28)11-3-6-14(21)15(22)7-11)24-17-13-5-4-12(20)8-16(13)26-27-17/h10-17,26-27H,3-9H2,1-2H3,(H2,23,24,25,28). The van der Waals surface area contributed by atoms with Gasteiger partial charge in [0.1, 0.15) is 12.3 Å². The molecule has 7 atom stereocenters. The maximum absolute atomic E-state index is 13.7. The molecule has 0 spiro atoms. The Morgan fingerprint density at radius 1 is 1.14 bits per heavy atom. The summed E-state index contributed by atoms with van der Waals surface area (Å²) < 4.78 is 27.1. The summed E-state index contributed by atoms with van der Waals surface area (Å²) in [6, 6.07) is 0.366. The molecule has 6 nitrogen and oxygen atoms in total. The van der Waals surface area contributed by atoms with Gasteiger partial charge in [-0.05, 0) is 44.4 Å². The Morgan fingerprint density at radius 2 is 1.93 bits per heavy atom. The Hall–Kier alpha value is -0.800. The normalized spacial score (nSPS) is 38.9. The molecule has 0 aromatic rings. The third kappa shape index (κ3) is 5.63. The van der Waals surface area contributed by atoms with Gasteiger partial charge in [-0.3, -0.25) is 20.5 Å². The minimum Gasteiger partial charge on any atom is -0.339 e. The second-order valence-electron chi connectivity index (χ2n) is 8.71. The molecule has 9 heteroatoms. The molecule has 3 fully saturated rings. The van der Waals surface area contributed by atoms with Crippen LogP contribution in [0.3, 0.4) is 0 Å². The molecule has 0 aromatic carbocycles. The lowest BCUT2D eigenvalue weighted by Gasteiger charge is -2.31. The summed E-state index contributed by atoms with van der Waals surface area (Å²) >= 11 is 3.70. The summed E-state index contributed by atoms with van der Waals surface area (Å²) in [5.74, 6) is 0.359. The summed E-state index contributed by atoms with van der Waals surface area (Å²) in [5, 5.41) is 6.18. The SMILES string of the molecule is CC(C)CN=C(NC(=O)C1CCC(F)C(F)C1)NC1NNC2CC(Br)CCC21. The number of hydrogen-bond acceptors (Lipinski definition) is 4. The van der Waals surface area contributed by atoms with E-state index in [9.17, 15) is 13.6 Å². The molecular weight excluding hydrogens is 432 g/mol. The number of rotatable bonds is 4. The molecular formula is C19H32BrF2N5O. The summed E-state index contributed by atoms with van der Waals surface area (Å²) in [6.07, 6.45) is 0.566. The average Bonchev–Trinajstić information content (AvgIpc) is 3.03. The molecule has 3 aliphatic rings. The van der Waals surface area contributed by atoms with E-state index in [1.165, 1.54) is 0 Å². The first-order valence-electron chi connectivity index (χ1n) is 10.4. The van der Waals surface area contributed by atoms with Gasteiger partial charge in [0.05, 0.1) is 6.17 Å². The summed E-state index contributed by atoms with van der Waals surface area (Å²) in [4.78, 5) is 17.7. The Balaban J connectivity index is 1.61. The highest BCUT2D eigenvalue weighted by molar-refractivity contribution is 9.09. The van der Waals surface area contributed by atoms with Crippen LogP contribution in [0.4, 0.5) is 8.78 Å². The largest absolute Gasteiger partial charge is 0.339 e. The van der Waals surface area contributed by atoms with E-state index < -0.39 is 18.3 Å². The van der Waals surface area contributed by atoms with Crippen LogP contribution in [0.1, 0.15) is 52.4 Å². The minimum absolute atomic E-state index is 0.0355. The van der Waals surface area contributed by atoms with E-state index in [2.05, 4.69) is 56.3 Å². The molecule has 2 saturated carbocycles. The molecule has 28 heavy (non-hydrogen) atoms. The van der Waals surface area contributed by atoms with E-state index in [0.717, 1.165) is 19.3 Å². The van der Waals surface area contributed by atoms with Crippen molar-refractivity contribution in [1.82, 2.24) is 21.5 Å². The van der Waals surface area contributed by atoms with E-state index in [1.54, 1.807) is 0 Å². The number of alkyl halides is 3. The molecule has 7 unspecified atom stereocenters. The molecule has 1 aliphatic heterocycles. The average molecular weight is 464 g/mol. The van der Waals surface area contributed by atoms with Gasteiger partial charge in [-0.15, -0.1) is 0 Å². The number of aliphatic imine (C=N–C) groups is 1. The predicted octanol–water partition coefficient (Wildman–Crippen LogP) is 2.55. The number of carbonyl (C=O) groups is 1. The highest BCUT2D eigenvalue weighted by Crippen LogP contribution is 2.33. The van der Waals surface area contributed by atoms with Crippen molar-refractivity contribution in [3.8, 4) is 0 Å². The lowest BCUT2D eigenvalue weighted by molar-refractivity contribution is -0.125. The Morgan fingerprint density at radius 3 is 2.64 bits per heavy atom. The van der Waals surface area contributed by atoms with Crippen LogP contribution >= 0.6 is 15.9 Å². The summed E-state index contributed by atoms with van der Waals surface area (Å²) in [5.41, 5.74) is 6.61. The number of amides is 1. The van der Waals surface area contributed by atoms with Crippen molar-refractivity contribution in [2.75, 3.05) is 6.54 Å². The zero-order chi connectivity index (χ0) is 20.3. The number of fused-ring (bicyclic) bond motifs is 1. The number of halogens is 3. The lowest BCUT2D eigenvalue weighted by atomic mass is 9.84. The fraction of sp³-hybridized carbons (Fsp3) is 0.895. The Kier molecular flexibility index (Phi) is 7.67. The number of carbonyl (C=O) groups excluding carboxylic acids is 1. The quantitative estimate of drug-likeness (QED) is 0.293. The molecule has 1 saturated heterocycles. The fourth-order valence-electron chi connectivity index (χ4n) is 4.23. The molecule has 4 N–H and O–H groups in total. The first-order chi connectivity index (χ1) is 13.3. The van der Waals surface area contributed by atoms with Crippen LogP contribution in [0.5, 0.6) is 0 Å². The first kappa shape index (κ1) is 21.9. The van der Waals surface area contributed by atoms with Crippen molar-refractivity contribution < 1.29 is 13.6 Å². The zero-order valence-electron chi connectivity index (χ0n) is 16.6. The van der Waals surface area contributed by atoms with Gasteiger partial charge >= 0.3 is 0 Å². The van der Waals surface area contributed by atoms with Gasteiger partial charge < -0.3 is 5.32 Å². The number of hydrogen-bond donors (Lipinski definition) is 4. The van der Waals surface area contributed by atoms with Crippen LogP contribution in [-0.2, 0) is 4.79 Å². The predicted molar refractivity (Wildman–Crippen MR) is 109 cm³/mol. The van der Waals surface area contributed by atoms with Crippen LogP contribution in [0, 0.1) is 17.8 Å². The number of nitrogens with one attached hydrogen (secondary N) is 4. The van der Waals surface area contributed by atoms with Crippen LogP contribution in [0.25, 0.3) is 0 Å². The van der Waals surface area contributed by atoms with Crippen LogP contribution in [-0.4, -0.2) is 47.8 Å². The summed E-state index contributed by atoms with van der Waals surface area (Å²) in [6.45, 7) is 4.69. The van der Waals surface area contributed by atoms with Crippen molar-refractivity contribution in [3.05, 3.63) is 0 Å². The molecule has 2 aliphatic carbocycles. The maximum atomic E-state index is 13.7. The summed E-state index contributed by atoms with van der Waals surface area (Å²) in [7, 11) is 0. The number of guanidine groups is 1. The van der Waals surface area contributed by atoms with Gasteiger partial charge in [0.25, 0.3) is 0 Å². The smallest absolute Gasteiger partial charge is 0.229 e. The third-order valence-corrected chi connectivity index (χ3v) is 6.74. The minimum atomic E-state index is -1.56. The van der Waals surface area contributed by atoms with Gasteiger partial charge in [0, 0.05) is 29.2 Å². The van der Waals surface area contributed by atoms with Crippen molar-refractivity contribution in [2.24, 2.45) is 22.7 Å². The van der Waals surface area contributed by atoms with E-state index in [0.29, 0.717) is 41.6 Å². The Bertz CT molecular complexity index is 579. The molecule has 0 aromatic heterocycles. The van der Waals surface area contributed by atoms with Gasteiger partial charge in [0.15, 0.2) is 5.96 Å². The van der Waals surface area contributed by atoms with Gasteiger partial charge in [-0.2, -0.15) is 0 Å². The fourth-order valence-corrected chi connectivity index (χ4v) is 4.90. The highest BCUT2D eigenvalue weighted by atomic mass is 79.9. The topological polar surface area (TPSA) is 77.5 Å². The second-order valence-corrected chi connectivity index (χ2v) is 10.0. The van der Waals surface area contributed by atoms with Gasteiger partial charge in [0.2, 0.25) is 5.91 Å². The van der Waals surface area contributed by atoms with Crippen LogP contribution in [0.2, 0.25) is 0 Å². The van der Waals surface area contributed by atoms with Gasteiger partial charge in [-0.1, -0.05) is 29.8 Å². The lowest BCUT2D eigenvalue weighted by Crippen LogP contribution is -2.54. The zero-order valence-corrected chi connectivity index (χ0v) is 18.1. The molecule has 160 valence electrons. The van der Waals surface area contributed by atoms with E-state index in [1.807, 2.05) is 0 Å². The maximum Gasteiger partial charge on any atom is 0.229 e. The Labute approximate surface area is 174 Å². The molecule has 1 amide bonds. The first-order valence-corrected chi connectivity index (χ1v) is 11.3.